The zero-order valence-electron chi connectivity index (χ0n) is 6.42. The molecule has 0 unspecified atom stereocenters. The van der Waals surface area contributed by atoms with Crippen LogP contribution in [0.4, 0.5) is 0 Å². The van der Waals surface area contributed by atoms with Crippen molar-refractivity contribution in [3.05, 3.63) is 0 Å². The molecule has 0 aromatic rings. The second kappa shape index (κ2) is 10.2. The van der Waals surface area contributed by atoms with E-state index in [2.05, 4.69) is 0 Å². The Labute approximate surface area is 85.2 Å². The van der Waals surface area contributed by atoms with Gasteiger partial charge in [-0.05, 0) is 0 Å². The van der Waals surface area contributed by atoms with Gasteiger partial charge in [-0.25, -0.2) is 0 Å². The van der Waals surface area contributed by atoms with Gasteiger partial charge in [0, 0.05) is 20.8 Å². The summed E-state index contributed by atoms with van der Waals surface area (Å²) < 4.78 is 68.2. The smallest absolute Gasteiger partial charge is 0.759 e. The molecule has 0 spiro atoms. The monoisotopic (exact) mass is 287 g/mol. The molecule has 0 bridgehead atoms. The van der Waals surface area contributed by atoms with E-state index in [-0.39, 0.29) is 29.1 Å². The first-order valence-electron chi connectivity index (χ1n) is 1.33. The summed E-state index contributed by atoms with van der Waals surface area (Å²) in [6.45, 7) is 0. The molecular formula is H8CoN2O8S2. The van der Waals surface area contributed by atoms with Gasteiger partial charge in [-0.3, -0.25) is 16.8 Å². The quantitative estimate of drug-likeness (QED) is 0.374. The second-order valence-electron chi connectivity index (χ2n) is 0.816. The van der Waals surface area contributed by atoms with Crippen LogP contribution in [0, 0.1) is 0 Å². The number of quaternary nitrogens is 2. The summed E-state index contributed by atoms with van der Waals surface area (Å²) in [6, 6.07) is 0. The topological polar surface area (TPSA) is 234 Å². The van der Waals surface area contributed by atoms with E-state index < -0.39 is 20.8 Å². The summed E-state index contributed by atoms with van der Waals surface area (Å²) in [5.41, 5.74) is 0. The molecule has 0 aliphatic carbocycles. The summed E-state index contributed by atoms with van der Waals surface area (Å²) in [4.78, 5) is 0. The van der Waals surface area contributed by atoms with Crippen LogP contribution in [0.5, 0.6) is 0 Å². The van der Waals surface area contributed by atoms with Gasteiger partial charge < -0.3 is 30.5 Å². The molecule has 8 N–H and O–H groups in total. The van der Waals surface area contributed by atoms with Crippen LogP contribution in [0.1, 0.15) is 0 Å². The summed E-state index contributed by atoms with van der Waals surface area (Å²) in [5, 5.41) is 0. The molecule has 0 rings (SSSR count). The predicted molar refractivity (Wildman–Crippen MR) is 32.9 cm³/mol. The molecule has 0 saturated heterocycles. The fourth-order valence-corrected chi connectivity index (χ4v) is 0. The molecule has 0 saturated carbocycles. The molecule has 10 nitrogen and oxygen atoms in total. The van der Waals surface area contributed by atoms with Crippen molar-refractivity contribution < 1.29 is 51.8 Å². The van der Waals surface area contributed by atoms with E-state index in [1.165, 1.54) is 0 Å². The molecular weight excluding hydrogens is 279 g/mol. The van der Waals surface area contributed by atoms with Gasteiger partial charge in [0.2, 0.25) is 0 Å². The molecule has 0 aliphatic heterocycles. The van der Waals surface area contributed by atoms with E-state index >= 15 is 0 Å². The SMILES string of the molecule is O=S(=O)([O-])[O-].O=S(=O)([O-])[O-].[Co+2].[NH4+].[NH4+]. The molecule has 0 fully saturated rings. The summed E-state index contributed by atoms with van der Waals surface area (Å²) in [6.07, 6.45) is 0. The van der Waals surface area contributed by atoms with Gasteiger partial charge in [0.25, 0.3) is 0 Å². The Hall–Kier alpha value is 0.166. The Morgan fingerprint density at radius 3 is 0.615 bits per heavy atom. The largest absolute Gasteiger partial charge is 2.00 e. The van der Waals surface area contributed by atoms with Gasteiger partial charge in [-0.1, -0.05) is 0 Å². The number of rotatable bonds is 0. The van der Waals surface area contributed by atoms with Crippen molar-refractivity contribution in [1.29, 1.82) is 0 Å². The van der Waals surface area contributed by atoms with E-state index in [9.17, 15) is 0 Å². The van der Waals surface area contributed by atoms with Crippen molar-refractivity contribution >= 4 is 20.8 Å². The molecule has 0 aromatic carbocycles. The normalized spacial score (nSPS) is 8.92. The average molecular weight is 287 g/mol. The van der Waals surface area contributed by atoms with Crippen LogP contribution < -0.4 is 12.3 Å². The molecule has 1 radical (unpaired) electrons. The van der Waals surface area contributed by atoms with Crippen LogP contribution in [0.15, 0.2) is 0 Å². The number of hydrogen-bond donors (Lipinski definition) is 2. The first-order chi connectivity index (χ1) is 4.00. The van der Waals surface area contributed by atoms with Crippen LogP contribution in [0.2, 0.25) is 0 Å². The molecule has 0 atom stereocenters. The summed E-state index contributed by atoms with van der Waals surface area (Å²) in [7, 11) is -10.3. The Kier molecular flexibility index (Phi) is 23.0. The molecule has 0 aromatic heterocycles. The van der Waals surface area contributed by atoms with Crippen LogP contribution in [0.25, 0.3) is 0 Å². The van der Waals surface area contributed by atoms with Crippen LogP contribution in [-0.2, 0) is 37.6 Å². The molecule has 87 valence electrons. The minimum atomic E-state index is -5.17. The number of hydrogen-bond acceptors (Lipinski definition) is 8. The van der Waals surface area contributed by atoms with Crippen molar-refractivity contribution in [2.24, 2.45) is 0 Å². The summed E-state index contributed by atoms with van der Waals surface area (Å²) >= 11 is 0. The second-order valence-corrected chi connectivity index (χ2v) is 2.45. The standard InChI is InChI=1S/Co.2H3N.2H2O4S/c;;;2*1-5(2,3)4/h;2*1H3;2*(H2,1,2,3,4)/q+2;;;;/p-2. The maximum atomic E-state index is 8.52. The molecule has 0 aliphatic rings. The first kappa shape index (κ1) is 29.2. The third-order valence-corrected chi connectivity index (χ3v) is 0. The minimum Gasteiger partial charge on any atom is -0.759 e. The van der Waals surface area contributed by atoms with E-state index in [0.29, 0.717) is 0 Å². The van der Waals surface area contributed by atoms with Gasteiger partial charge in [-0.15, -0.1) is 0 Å². The molecule has 0 amide bonds. The van der Waals surface area contributed by atoms with Crippen molar-refractivity contribution in [1.82, 2.24) is 12.3 Å². The molecule has 0 heterocycles. The third kappa shape index (κ3) is 45400. The van der Waals surface area contributed by atoms with Gasteiger partial charge in [0.1, 0.15) is 0 Å². The zero-order chi connectivity index (χ0) is 9.00. The van der Waals surface area contributed by atoms with Crippen LogP contribution in [-0.4, -0.2) is 35.0 Å². The third-order valence-electron chi connectivity index (χ3n) is 0. The van der Waals surface area contributed by atoms with Crippen molar-refractivity contribution in [3.8, 4) is 0 Å². The first-order valence-corrected chi connectivity index (χ1v) is 4.00. The zero-order valence-corrected chi connectivity index (χ0v) is 9.09. The van der Waals surface area contributed by atoms with Crippen molar-refractivity contribution in [2.75, 3.05) is 0 Å². The average Bonchev–Trinajstić information content (AvgIpc) is 1.12. The van der Waals surface area contributed by atoms with Gasteiger partial charge >= 0.3 is 16.8 Å². The fourth-order valence-electron chi connectivity index (χ4n) is 0. The fraction of sp³-hybridized carbons (Fsp3) is 0. The van der Waals surface area contributed by atoms with E-state index in [4.69, 9.17) is 35.0 Å². The summed E-state index contributed by atoms with van der Waals surface area (Å²) in [5.74, 6) is 0. The molecule has 13 heavy (non-hydrogen) atoms. The van der Waals surface area contributed by atoms with Crippen LogP contribution in [0.3, 0.4) is 0 Å². The van der Waals surface area contributed by atoms with Gasteiger partial charge in [-0.2, -0.15) is 0 Å². The van der Waals surface area contributed by atoms with E-state index in [1.807, 2.05) is 0 Å². The molecule has 13 heteroatoms. The maximum Gasteiger partial charge on any atom is 2.00 e. The Morgan fingerprint density at radius 1 is 0.615 bits per heavy atom. The van der Waals surface area contributed by atoms with Gasteiger partial charge in [0.15, 0.2) is 0 Å². The van der Waals surface area contributed by atoms with Crippen molar-refractivity contribution in [3.63, 3.8) is 0 Å². The Balaban J connectivity index is -0.0000000267. The Bertz CT molecular complexity index is 217. The predicted octanol–water partition coefficient (Wildman–Crippen LogP) is -1.93. The Morgan fingerprint density at radius 2 is 0.615 bits per heavy atom. The minimum absolute atomic E-state index is 0. The van der Waals surface area contributed by atoms with Gasteiger partial charge in [0.05, 0.1) is 0 Å². The van der Waals surface area contributed by atoms with E-state index in [1.54, 1.807) is 0 Å². The van der Waals surface area contributed by atoms with Crippen LogP contribution >= 0.6 is 0 Å². The van der Waals surface area contributed by atoms with Crippen molar-refractivity contribution in [2.45, 2.75) is 0 Å². The van der Waals surface area contributed by atoms with E-state index in [0.717, 1.165) is 0 Å². The maximum absolute atomic E-state index is 8.52.